The standard InChI is InChI=1S/C11H18O5/c1-7-6-9(8(2)15-7)16-11(13)5-4-10(12)14-3/h7-9H,4-6H2,1-3H3/t7-,8+,9+/m0/s1/i2D. The van der Waals surface area contributed by atoms with Crippen molar-refractivity contribution >= 4 is 11.9 Å². The van der Waals surface area contributed by atoms with Gasteiger partial charge in [0.15, 0.2) is 0 Å². The van der Waals surface area contributed by atoms with E-state index in [1.54, 1.807) is 0 Å². The van der Waals surface area contributed by atoms with Gasteiger partial charge in [-0.15, -0.1) is 0 Å². The lowest BCUT2D eigenvalue weighted by molar-refractivity contribution is -0.154. The van der Waals surface area contributed by atoms with E-state index >= 15 is 0 Å². The summed E-state index contributed by atoms with van der Waals surface area (Å²) < 4.78 is 22.3. The molecule has 0 aliphatic carbocycles. The molecule has 0 unspecified atom stereocenters. The Balaban J connectivity index is 2.32. The minimum atomic E-state index is -0.448. The minimum Gasteiger partial charge on any atom is -0.469 e. The molecule has 1 aliphatic heterocycles. The molecule has 1 fully saturated rings. The van der Waals surface area contributed by atoms with Gasteiger partial charge in [0.25, 0.3) is 0 Å². The Kier molecular flexibility index (Phi) is 4.16. The van der Waals surface area contributed by atoms with Crippen LogP contribution >= 0.6 is 0 Å². The molecule has 0 aromatic heterocycles. The number of ether oxygens (including phenoxy) is 3. The lowest BCUT2D eigenvalue weighted by atomic mass is 10.1. The Morgan fingerprint density at radius 1 is 1.44 bits per heavy atom. The van der Waals surface area contributed by atoms with E-state index in [0.29, 0.717) is 6.42 Å². The monoisotopic (exact) mass is 231 g/mol. The largest absolute Gasteiger partial charge is 0.469 e. The molecule has 1 heterocycles. The van der Waals surface area contributed by atoms with E-state index in [1.807, 2.05) is 6.92 Å². The van der Waals surface area contributed by atoms with E-state index < -0.39 is 11.9 Å². The Labute approximate surface area is 96.5 Å². The molecule has 92 valence electrons. The number of rotatable bonds is 4. The highest BCUT2D eigenvalue weighted by Gasteiger charge is 2.32. The van der Waals surface area contributed by atoms with Crippen molar-refractivity contribution in [1.29, 1.82) is 0 Å². The van der Waals surface area contributed by atoms with Crippen LogP contribution in [0.4, 0.5) is 0 Å². The van der Waals surface area contributed by atoms with Crippen molar-refractivity contribution in [2.75, 3.05) is 7.11 Å². The molecule has 0 radical (unpaired) electrons. The van der Waals surface area contributed by atoms with Crippen LogP contribution in [0.2, 0.25) is 0 Å². The number of methoxy groups -OCH3 is 1. The van der Waals surface area contributed by atoms with Gasteiger partial charge in [-0.3, -0.25) is 9.59 Å². The number of carbonyl (C=O) groups excluding carboxylic acids is 2. The molecule has 1 rings (SSSR count). The third-order valence-electron chi connectivity index (χ3n) is 2.43. The predicted molar refractivity (Wildman–Crippen MR) is 55.8 cm³/mol. The number of carbonyl (C=O) groups is 2. The smallest absolute Gasteiger partial charge is 0.306 e. The predicted octanol–water partition coefficient (Wildman–Crippen LogP) is 1.05. The first-order valence-corrected chi connectivity index (χ1v) is 5.27. The Morgan fingerprint density at radius 3 is 2.75 bits per heavy atom. The topological polar surface area (TPSA) is 61.8 Å². The van der Waals surface area contributed by atoms with Crippen molar-refractivity contribution in [3.05, 3.63) is 0 Å². The van der Waals surface area contributed by atoms with Crippen LogP contribution in [-0.4, -0.2) is 37.4 Å². The lowest BCUT2D eigenvalue weighted by Crippen LogP contribution is -2.25. The van der Waals surface area contributed by atoms with Crippen LogP contribution in [0, 0.1) is 0 Å². The maximum absolute atomic E-state index is 11.4. The molecular weight excluding hydrogens is 212 g/mol. The van der Waals surface area contributed by atoms with E-state index in [0.717, 1.165) is 0 Å². The van der Waals surface area contributed by atoms with Crippen molar-refractivity contribution in [3.8, 4) is 0 Å². The van der Waals surface area contributed by atoms with Crippen molar-refractivity contribution in [3.63, 3.8) is 0 Å². The van der Waals surface area contributed by atoms with Crippen molar-refractivity contribution in [1.82, 2.24) is 0 Å². The highest BCUT2D eigenvalue weighted by atomic mass is 16.6. The highest BCUT2D eigenvalue weighted by molar-refractivity contribution is 5.77. The SMILES string of the molecule is [2H]C[C@H]1O[C@@H](C)C[C@H]1OC(=O)CCC(=O)OC. The summed E-state index contributed by atoms with van der Waals surface area (Å²) in [6.45, 7) is 1.95. The molecule has 0 spiro atoms. The maximum Gasteiger partial charge on any atom is 0.306 e. The first-order valence-electron chi connectivity index (χ1n) is 5.98. The molecule has 0 bridgehead atoms. The zero-order valence-corrected chi connectivity index (χ0v) is 9.60. The normalized spacial score (nSPS) is 29.6. The molecule has 0 aromatic rings. The molecule has 5 heteroatoms. The van der Waals surface area contributed by atoms with Gasteiger partial charge in [-0.1, -0.05) is 0 Å². The Hall–Kier alpha value is -1.10. The third kappa shape index (κ3) is 3.81. The maximum atomic E-state index is 11.4. The fourth-order valence-corrected chi connectivity index (χ4v) is 1.58. The van der Waals surface area contributed by atoms with Gasteiger partial charge in [-0.05, 0) is 13.8 Å². The van der Waals surface area contributed by atoms with Crippen LogP contribution in [0.15, 0.2) is 0 Å². The summed E-state index contributed by atoms with van der Waals surface area (Å²) in [6, 6.07) is 0. The minimum absolute atomic E-state index is 0.00226. The van der Waals surface area contributed by atoms with Gasteiger partial charge in [-0.25, -0.2) is 0 Å². The summed E-state index contributed by atoms with van der Waals surface area (Å²) in [6.07, 6.45) is -0.0942. The summed E-state index contributed by atoms with van der Waals surface area (Å²) in [5, 5.41) is 0. The summed E-state index contributed by atoms with van der Waals surface area (Å²) >= 11 is 0. The fraction of sp³-hybridized carbons (Fsp3) is 0.818. The average molecular weight is 231 g/mol. The molecule has 0 N–H and O–H groups in total. The molecule has 16 heavy (non-hydrogen) atoms. The van der Waals surface area contributed by atoms with E-state index in [4.69, 9.17) is 10.8 Å². The zero-order chi connectivity index (χ0) is 12.8. The second-order valence-corrected chi connectivity index (χ2v) is 3.83. The van der Waals surface area contributed by atoms with Crippen molar-refractivity contribution in [2.24, 2.45) is 0 Å². The van der Waals surface area contributed by atoms with Crippen LogP contribution in [0.3, 0.4) is 0 Å². The van der Waals surface area contributed by atoms with Gasteiger partial charge in [-0.2, -0.15) is 0 Å². The number of esters is 2. The summed E-state index contributed by atoms with van der Waals surface area (Å²) in [5.41, 5.74) is 0. The molecule has 1 aliphatic rings. The van der Waals surface area contributed by atoms with Crippen LogP contribution in [0.5, 0.6) is 0 Å². The first-order chi connectivity index (χ1) is 8.06. The summed E-state index contributed by atoms with van der Waals surface area (Å²) in [5.74, 6) is -0.883. The van der Waals surface area contributed by atoms with Crippen LogP contribution in [-0.2, 0) is 23.8 Å². The van der Waals surface area contributed by atoms with Crippen LogP contribution < -0.4 is 0 Å². The quantitative estimate of drug-likeness (QED) is 0.677. The average Bonchev–Trinajstić information content (AvgIpc) is 2.66. The molecule has 5 nitrogen and oxygen atoms in total. The molecule has 0 aromatic carbocycles. The first kappa shape index (κ1) is 11.4. The van der Waals surface area contributed by atoms with Gasteiger partial charge in [0.05, 0.1) is 32.2 Å². The highest BCUT2D eigenvalue weighted by Crippen LogP contribution is 2.22. The van der Waals surface area contributed by atoms with Gasteiger partial charge in [0.2, 0.25) is 0 Å². The van der Waals surface area contributed by atoms with Gasteiger partial charge < -0.3 is 14.2 Å². The van der Waals surface area contributed by atoms with Crippen molar-refractivity contribution < 1.29 is 25.2 Å². The number of hydrogen-bond acceptors (Lipinski definition) is 5. The van der Waals surface area contributed by atoms with E-state index in [2.05, 4.69) is 4.74 Å². The second-order valence-electron chi connectivity index (χ2n) is 3.83. The second kappa shape index (κ2) is 5.84. The molecule has 0 amide bonds. The van der Waals surface area contributed by atoms with E-state index in [-0.39, 0.29) is 38.1 Å². The van der Waals surface area contributed by atoms with Gasteiger partial charge in [0, 0.05) is 7.79 Å². The van der Waals surface area contributed by atoms with Crippen molar-refractivity contribution in [2.45, 2.75) is 51.4 Å². The van der Waals surface area contributed by atoms with Crippen LogP contribution in [0.1, 0.15) is 34.5 Å². The van der Waals surface area contributed by atoms with Crippen LogP contribution in [0.25, 0.3) is 0 Å². The molecule has 0 saturated carbocycles. The van der Waals surface area contributed by atoms with E-state index in [9.17, 15) is 9.59 Å². The molecule has 3 atom stereocenters. The van der Waals surface area contributed by atoms with Gasteiger partial charge in [0.1, 0.15) is 6.10 Å². The van der Waals surface area contributed by atoms with Gasteiger partial charge >= 0.3 is 11.9 Å². The summed E-state index contributed by atoms with van der Waals surface area (Å²) in [4.78, 5) is 22.3. The third-order valence-corrected chi connectivity index (χ3v) is 2.43. The molecular formula is C11H18O5. The Morgan fingerprint density at radius 2 is 2.12 bits per heavy atom. The Bertz CT molecular complexity index is 281. The number of hydrogen-bond donors (Lipinski definition) is 0. The fourth-order valence-electron chi connectivity index (χ4n) is 1.58. The molecule has 1 saturated heterocycles. The van der Waals surface area contributed by atoms with E-state index in [1.165, 1.54) is 7.11 Å². The summed E-state index contributed by atoms with van der Waals surface area (Å²) in [7, 11) is 1.27. The zero-order valence-electron chi connectivity index (χ0n) is 10.6. The lowest BCUT2D eigenvalue weighted by Gasteiger charge is -2.14.